The van der Waals surface area contributed by atoms with Gasteiger partial charge in [0.25, 0.3) is 0 Å². The zero-order chi connectivity index (χ0) is 19.9. The fourth-order valence-corrected chi connectivity index (χ4v) is 3.90. The predicted octanol–water partition coefficient (Wildman–Crippen LogP) is 6.09. The second-order valence-electron chi connectivity index (χ2n) is 7.27. The van der Waals surface area contributed by atoms with E-state index < -0.39 is 5.54 Å². The van der Waals surface area contributed by atoms with Crippen LogP contribution in [0, 0.1) is 0 Å². The number of benzene rings is 3. The van der Waals surface area contributed by atoms with Crippen LogP contribution in [-0.2, 0) is 12.1 Å². The summed E-state index contributed by atoms with van der Waals surface area (Å²) in [7, 11) is 0. The molecule has 0 aliphatic heterocycles. The fraction of sp³-hybridized carbons (Fsp3) is 0.192. The summed E-state index contributed by atoms with van der Waals surface area (Å²) >= 11 is 0. The van der Waals surface area contributed by atoms with Gasteiger partial charge in [-0.15, -0.1) is 0 Å². The van der Waals surface area contributed by atoms with E-state index >= 15 is 0 Å². The molecule has 1 heterocycles. The van der Waals surface area contributed by atoms with E-state index in [9.17, 15) is 0 Å². The van der Waals surface area contributed by atoms with Crippen LogP contribution in [0.1, 0.15) is 36.5 Å². The molecule has 0 amide bonds. The van der Waals surface area contributed by atoms with Gasteiger partial charge >= 0.3 is 0 Å². The van der Waals surface area contributed by atoms with Gasteiger partial charge in [-0.25, -0.2) is 4.68 Å². The Bertz CT molecular complexity index is 911. The van der Waals surface area contributed by atoms with Crippen LogP contribution in [0.4, 0.5) is 5.82 Å². The molecule has 146 valence electrons. The third-order valence-electron chi connectivity index (χ3n) is 5.38. The highest BCUT2D eigenvalue weighted by Crippen LogP contribution is 2.39. The van der Waals surface area contributed by atoms with E-state index in [-0.39, 0.29) is 0 Å². The molecule has 0 radical (unpaired) electrons. The van der Waals surface area contributed by atoms with Gasteiger partial charge < -0.3 is 5.32 Å². The largest absolute Gasteiger partial charge is 0.353 e. The number of nitrogens with one attached hydrogen (secondary N) is 1. The lowest BCUT2D eigenvalue weighted by molar-refractivity contribution is 0.566. The summed E-state index contributed by atoms with van der Waals surface area (Å²) in [4.78, 5) is 0. The van der Waals surface area contributed by atoms with Crippen LogP contribution >= 0.6 is 0 Å². The number of aryl methyl sites for hydroxylation is 1. The summed E-state index contributed by atoms with van der Waals surface area (Å²) in [6.07, 6.45) is 4.12. The Kier molecular flexibility index (Phi) is 5.76. The average Bonchev–Trinajstić information content (AvgIpc) is 3.24. The molecular weight excluding hydrogens is 354 g/mol. The van der Waals surface area contributed by atoms with Gasteiger partial charge in [0.05, 0.1) is 6.20 Å². The number of hydrogen-bond donors (Lipinski definition) is 1. The molecule has 4 rings (SSSR count). The van der Waals surface area contributed by atoms with Crippen molar-refractivity contribution in [3.05, 3.63) is 120 Å². The highest BCUT2D eigenvalue weighted by atomic mass is 15.3. The molecule has 3 nitrogen and oxygen atoms in total. The zero-order valence-corrected chi connectivity index (χ0v) is 16.8. The molecule has 0 saturated carbocycles. The van der Waals surface area contributed by atoms with E-state index in [2.05, 4.69) is 119 Å². The van der Waals surface area contributed by atoms with Crippen molar-refractivity contribution in [2.75, 3.05) is 5.32 Å². The Labute approximate surface area is 173 Å². The third-order valence-corrected chi connectivity index (χ3v) is 5.38. The second kappa shape index (κ2) is 8.78. The maximum Gasteiger partial charge on any atom is 0.125 e. The first-order chi connectivity index (χ1) is 14.3. The van der Waals surface area contributed by atoms with E-state index in [0.717, 1.165) is 25.2 Å². The Hall–Kier alpha value is -3.33. The van der Waals surface area contributed by atoms with E-state index in [1.807, 2.05) is 6.20 Å². The number of hydrogen-bond acceptors (Lipinski definition) is 2. The minimum atomic E-state index is -0.520. The Balaban J connectivity index is 1.92. The monoisotopic (exact) mass is 381 g/mol. The first-order valence-corrected chi connectivity index (χ1v) is 10.3. The van der Waals surface area contributed by atoms with Crippen LogP contribution < -0.4 is 5.32 Å². The molecule has 1 N–H and O–H groups in total. The molecule has 0 atom stereocenters. The van der Waals surface area contributed by atoms with Gasteiger partial charge in [-0.2, -0.15) is 5.10 Å². The van der Waals surface area contributed by atoms with Crippen molar-refractivity contribution in [1.82, 2.24) is 9.78 Å². The van der Waals surface area contributed by atoms with Crippen LogP contribution in [-0.4, -0.2) is 9.78 Å². The van der Waals surface area contributed by atoms with Gasteiger partial charge in [0, 0.05) is 12.6 Å². The van der Waals surface area contributed by atoms with Gasteiger partial charge in [0.15, 0.2) is 0 Å². The van der Waals surface area contributed by atoms with E-state index in [1.165, 1.54) is 16.7 Å². The highest BCUT2D eigenvalue weighted by Gasteiger charge is 2.37. The third kappa shape index (κ3) is 3.81. The normalized spacial score (nSPS) is 11.3. The van der Waals surface area contributed by atoms with Gasteiger partial charge in [0.1, 0.15) is 11.4 Å². The van der Waals surface area contributed by atoms with E-state index in [1.54, 1.807) is 0 Å². The Morgan fingerprint density at radius 1 is 0.724 bits per heavy atom. The van der Waals surface area contributed by atoms with Gasteiger partial charge in [-0.05, 0) is 23.1 Å². The SMILES string of the molecule is CCCCn1nccc1NC(c1ccccc1)(c1ccccc1)c1ccccc1. The minimum absolute atomic E-state index is 0.520. The van der Waals surface area contributed by atoms with Crippen LogP contribution in [0.15, 0.2) is 103 Å². The van der Waals surface area contributed by atoms with Gasteiger partial charge in [0.2, 0.25) is 0 Å². The van der Waals surface area contributed by atoms with Gasteiger partial charge in [-0.3, -0.25) is 0 Å². The van der Waals surface area contributed by atoms with E-state index in [0.29, 0.717) is 0 Å². The van der Waals surface area contributed by atoms with Crippen molar-refractivity contribution in [2.24, 2.45) is 0 Å². The topological polar surface area (TPSA) is 29.9 Å². The molecule has 0 fully saturated rings. The molecule has 0 saturated heterocycles. The van der Waals surface area contributed by atoms with Crippen molar-refractivity contribution in [3.63, 3.8) is 0 Å². The van der Waals surface area contributed by atoms with Crippen molar-refractivity contribution in [1.29, 1.82) is 0 Å². The summed E-state index contributed by atoms with van der Waals surface area (Å²) in [5.74, 6) is 1.02. The number of aromatic nitrogens is 2. The maximum atomic E-state index is 4.57. The Morgan fingerprint density at radius 2 is 1.21 bits per heavy atom. The molecule has 0 aliphatic rings. The lowest BCUT2D eigenvalue weighted by Crippen LogP contribution is -2.38. The van der Waals surface area contributed by atoms with Crippen molar-refractivity contribution >= 4 is 5.82 Å². The number of rotatable bonds is 8. The molecule has 0 aliphatic carbocycles. The van der Waals surface area contributed by atoms with Crippen LogP contribution in [0.3, 0.4) is 0 Å². The summed E-state index contributed by atoms with van der Waals surface area (Å²) in [5, 5.41) is 8.47. The first-order valence-electron chi connectivity index (χ1n) is 10.3. The predicted molar refractivity (Wildman–Crippen MR) is 120 cm³/mol. The lowest BCUT2D eigenvalue weighted by atomic mass is 9.77. The first kappa shape index (κ1) is 19.0. The maximum absolute atomic E-state index is 4.57. The Morgan fingerprint density at radius 3 is 1.66 bits per heavy atom. The van der Waals surface area contributed by atoms with Crippen LogP contribution in [0.5, 0.6) is 0 Å². The molecule has 0 spiro atoms. The number of unbranched alkanes of at least 4 members (excludes halogenated alkanes) is 1. The summed E-state index contributed by atoms with van der Waals surface area (Å²) in [5.41, 5.74) is 3.07. The minimum Gasteiger partial charge on any atom is -0.353 e. The van der Waals surface area contributed by atoms with Crippen molar-refractivity contribution < 1.29 is 0 Å². The second-order valence-corrected chi connectivity index (χ2v) is 7.27. The van der Waals surface area contributed by atoms with Crippen LogP contribution in [0.2, 0.25) is 0 Å². The quantitative estimate of drug-likeness (QED) is 0.374. The molecule has 0 bridgehead atoms. The summed E-state index contributed by atoms with van der Waals surface area (Å²) in [6, 6.07) is 34.0. The molecule has 3 aromatic carbocycles. The molecule has 1 aromatic heterocycles. The number of nitrogens with zero attached hydrogens (tertiary/aromatic N) is 2. The summed E-state index contributed by atoms with van der Waals surface area (Å²) in [6.45, 7) is 3.11. The highest BCUT2D eigenvalue weighted by molar-refractivity contribution is 5.58. The lowest BCUT2D eigenvalue weighted by Gasteiger charge is -2.37. The smallest absolute Gasteiger partial charge is 0.125 e. The zero-order valence-electron chi connectivity index (χ0n) is 16.8. The summed E-state index contributed by atoms with van der Waals surface area (Å²) < 4.78 is 2.08. The molecule has 29 heavy (non-hydrogen) atoms. The fourth-order valence-electron chi connectivity index (χ4n) is 3.90. The molecule has 4 aromatic rings. The van der Waals surface area contributed by atoms with E-state index in [4.69, 9.17) is 0 Å². The van der Waals surface area contributed by atoms with Crippen molar-refractivity contribution in [2.45, 2.75) is 31.8 Å². The van der Waals surface area contributed by atoms with Crippen LogP contribution in [0.25, 0.3) is 0 Å². The van der Waals surface area contributed by atoms with Crippen molar-refractivity contribution in [3.8, 4) is 0 Å². The molecule has 0 unspecified atom stereocenters. The molecule has 3 heteroatoms. The number of anilines is 1. The standard InChI is InChI=1S/C26H27N3/c1-2-3-21-29-25(19-20-27-29)28-26(22-13-7-4-8-14-22,23-15-9-5-10-16-23)24-17-11-6-12-18-24/h4-20,28H,2-3,21H2,1H3. The van der Waals surface area contributed by atoms with Gasteiger partial charge in [-0.1, -0.05) is 104 Å². The average molecular weight is 382 g/mol. The molecular formula is C26H27N3.